The van der Waals surface area contributed by atoms with Crippen molar-refractivity contribution >= 4 is 0 Å². The Hall–Kier alpha value is -0.300. The van der Waals surface area contributed by atoms with Crippen LogP contribution >= 0.6 is 0 Å². The van der Waals surface area contributed by atoms with Crippen molar-refractivity contribution in [1.29, 1.82) is 0 Å². The Morgan fingerprint density at radius 3 is 2.45 bits per heavy atom. The van der Waals surface area contributed by atoms with Gasteiger partial charge in [-0.1, -0.05) is 11.1 Å². The predicted molar refractivity (Wildman–Crippen MR) is 47.5 cm³/mol. The molecule has 0 heterocycles. The number of likely N-dealkylation sites (N-methyl/N-ethyl adjacent to an activating group) is 1. The minimum atomic E-state index is 0.639. The van der Waals surface area contributed by atoms with Gasteiger partial charge in [0.05, 0.1) is 0 Å². The van der Waals surface area contributed by atoms with E-state index < -0.39 is 0 Å². The van der Waals surface area contributed by atoms with Crippen molar-refractivity contribution in [3.8, 4) is 0 Å². The highest BCUT2D eigenvalue weighted by Gasteiger charge is 2.33. The van der Waals surface area contributed by atoms with Crippen LogP contribution in [0.5, 0.6) is 0 Å². The highest BCUT2D eigenvalue weighted by Crippen LogP contribution is 2.45. The molecule has 0 bridgehead atoms. The van der Waals surface area contributed by atoms with Crippen LogP contribution in [0.3, 0.4) is 0 Å². The quantitative estimate of drug-likeness (QED) is 0.609. The molecule has 2 fully saturated rings. The van der Waals surface area contributed by atoms with E-state index in [2.05, 4.69) is 19.3 Å². The Balaban J connectivity index is 2.09. The van der Waals surface area contributed by atoms with E-state index in [1.165, 1.54) is 25.7 Å². The zero-order valence-electron chi connectivity index (χ0n) is 7.48. The summed E-state index contributed by atoms with van der Waals surface area (Å²) in [5, 5.41) is 3.35. The first-order valence-corrected chi connectivity index (χ1v) is 4.72. The van der Waals surface area contributed by atoms with Crippen molar-refractivity contribution < 1.29 is 0 Å². The van der Waals surface area contributed by atoms with Crippen LogP contribution in [0.1, 0.15) is 32.6 Å². The first-order valence-electron chi connectivity index (χ1n) is 4.72. The molecule has 0 aromatic carbocycles. The number of allylic oxidation sites excluding steroid dienone is 1. The van der Waals surface area contributed by atoms with E-state index >= 15 is 0 Å². The molecule has 0 spiro atoms. The van der Waals surface area contributed by atoms with Gasteiger partial charge in [-0.2, -0.15) is 0 Å². The van der Waals surface area contributed by atoms with Crippen molar-refractivity contribution in [2.75, 3.05) is 7.05 Å². The summed E-state index contributed by atoms with van der Waals surface area (Å²) in [4.78, 5) is 0. The fourth-order valence-corrected chi connectivity index (χ4v) is 1.85. The second-order valence-corrected chi connectivity index (χ2v) is 3.84. The standard InChI is InChI=1S/C10H17N/c1-7(11-2)10(8-3-4-8)9-5-6-9/h7-8,11H,3-6H2,1-2H3. The average Bonchev–Trinajstić information content (AvgIpc) is 2.81. The summed E-state index contributed by atoms with van der Waals surface area (Å²) in [5.74, 6) is 0.968. The Bertz CT molecular complexity index is 183. The minimum Gasteiger partial charge on any atom is -0.314 e. The lowest BCUT2D eigenvalue weighted by atomic mass is 10.0. The highest BCUT2D eigenvalue weighted by atomic mass is 14.9. The van der Waals surface area contributed by atoms with Gasteiger partial charge in [-0.3, -0.25) is 0 Å². The molecule has 2 rings (SSSR count). The molecule has 1 heteroatoms. The van der Waals surface area contributed by atoms with E-state index in [9.17, 15) is 0 Å². The number of hydrogen-bond acceptors (Lipinski definition) is 1. The van der Waals surface area contributed by atoms with Crippen LogP contribution in [0.15, 0.2) is 11.1 Å². The molecule has 1 nitrogen and oxygen atoms in total. The second-order valence-electron chi connectivity index (χ2n) is 3.84. The van der Waals surface area contributed by atoms with Crippen molar-refractivity contribution in [2.24, 2.45) is 5.92 Å². The average molecular weight is 151 g/mol. The molecular weight excluding hydrogens is 134 g/mol. The lowest BCUT2D eigenvalue weighted by Crippen LogP contribution is -2.24. The van der Waals surface area contributed by atoms with E-state index in [4.69, 9.17) is 0 Å². The molecule has 1 atom stereocenters. The SMILES string of the molecule is CNC(C)C(=C1CC1)C1CC1. The van der Waals surface area contributed by atoms with Crippen molar-refractivity contribution in [3.63, 3.8) is 0 Å². The van der Waals surface area contributed by atoms with Crippen LogP contribution in [0, 0.1) is 5.92 Å². The smallest absolute Gasteiger partial charge is 0.0253 e. The van der Waals surface area contributed by atoms with Gasteiger partial charge in [0.25, 0.3) is 0 Å². The van der Waals surface area contributed by atoms with Gasteiger partial charge in [-0.05, 0) is 45.6 Å². The number of hydrogen-bond donors (Lipinski definition) is 1. The molecule has 1 unspecified atom stereocenters. The summed E-state index contributed by atoms with van der Waals surface area (Å²) in [6, 6.07) is 0.639. The second kappa shape index (κ2) is 2.63. The van der Waals surface area contributed by atoms with E-state index in [-0.39, 0.29) is 0 Å². The summed E-state index contributed by atoms with van der Waals surface area (Å²) in [7, 11) is 2.07. The maximum Gasteiger partial charge on any atom is 0.0253 e. The fraction of sp³-hybridized carbons (Fsp3) is 0.800. The van der Waals surface area contributed by atoms with Crippen LogP contribution < -0.4 is 5.32 Å². The first-order chi connectivity index (χ1) is 5.33. The van der Waals surface area contributed by atoms with Gasteiger partial charge in [0.2, 0.25) is 0 Å². The van der Waals surface area contributed by atoms with E-state index in [0.29, 0.717) is 6.04 Å². The summed E-state index contributed by atoms with van der Waals surface area (Å²) >= 11 is 0. The Labute approximate surface area is 68.9 Å². The minimum absolute atomic E-state index is 0.639. The molecule has 0 amide bonds. The van der Waals surface area contributed by atoms with Gasteiger partial charge in [0.1, 0.15) is 0 Å². The lowest BCUT2D eigenvalue weighted by molar-refractivity contribution is 0.651. The third kappa shape index (κ3) is 1.48. The molecule has 62 valence electrons. The molecule has 0 aliphatic heterocycles. The molecule has 0 aromatic rings. The van der Waals surface area contributed by atoms with Crippen molar-refractivity contribution in [3.05, 3.63) is 11.1 Å². The Morgan fingerprint density at radius 2 is 2.09 bits per heavy atom. The van der Waals surface area contributed by atoms with E-state index in [0.717, 1.165) is 5.92 Å². The van der Waals surface area contributed by atoms with Gasteiger partial charge in [-0.15, -0.1) is 0 Å². The Kier molecular flexibility index (Phi) is 1.76. The molecule has 11 heavy (non-hydrogen) atoms. The van der Waals surface area contributed by atoms with Crippen LogP contribution in [-0.4, -0.2) is 13.1 Å². The molecule has 0 radical (unpaired) electrons. The molecule has 0 saturated heterocycles. The van der Waals surface area contributed by atoms with Gasteiger partial charge >= 0.3 is 0 Å². The summed E-state index contributed by atoms with van der Waals surface area (Å²) < 4.78 is 0. The Morgan fingerprint density at radius 1 is 1.45 bits per heavy atom. The third-order valence-electron chi connectivity index (χ3n) is 2.82. The maximum absolute atomic E-state index is 3.35. The molecule has 0 aromatic heterocycles. The molecule has 1 N–H and O–H groups in total. The van der Waals surface area contributed by atoms with Crippen molar-refractivity contribution in [1.82, 2.24) is 5.32 Å². The summed E-state index contributed by atoms with van der Waals surface area (Å²) in [6.07, 6.45) is 5.67. The summed E-state index contributed by atoms with van der Waals surface area (Å²) in [6.45, 7) is 2.29. The van der Waals surface area contributed by atoms with Gasteiger partial charge in [0.15, 0.2) is 0 Å². The van der Waals surface area contributed by atoms with Crippen LogP contribution in [0.4, 0.5) is 0 Å². The normalized spacial score (nSPS) is 25.1. The predicted octanol–water partition coefficient (Wildman–Crippen LogP) is 2.09. The number of rotatable bonds is 3. The summed E-state index contributed by atoms with van der Waals surface area (Å²) in [5.41, 5.74) is 3.52. The fourth-order valence-electron chi connectivity index (χ4n) is 1.85. The third-order valence-corrected chi connectivity index (χ3v) is 2.82. The van der Waals surface area contributed by atoms with Crippen LogP contribution in [0.2, 0.25) is 0 Å². The lowest BCUT2D eigenvalue weighted by Gasteiger charge is -2.14. The van der Waals surface area contributed by atoms with E-state index in [1.807, 2.05) is 0 Å². The molecule has 2 aliphatic rings. The largest absolute Gasteiger partial charge is 0.314 e. The highest BCUT2D eigenvalue weighted by molar-refractivity contribution is 5.32. The van der Waals surface area contributed by atoms with Crippen LogP contribution in [-0.2, 0) is 0 Å². The van der Waals surface area contributed by atoms with Crippen LogP contribution in [0.25, 0.3) is 0 Å². The molecular formula is C10H17N. The first kappa shape index (κ1) is 7.35. The number of nitrogens with one attached hydrogen (secondary N) is 1. The van der Waals surface area contributed by atoms with Gasteiger partial charge < -0.3 is 5.32 Å². The zero-order chi connectivity index (χ0) is 7.84. The van der Waals surface area contributed by atoms with E-state index in [1.54, 1.807) is 11.1 Å². The maximum atomic E-state index is 3.35. The molecule has 2 aliphatic carbocycles. The topological polar surface area (TPSA) is 12.0 Å². The molecule has 2 saturated carbocycles. The monoisotopic (exact) mass is 151 g/mol. The van der Waals surface area contributed by atoms with Gasteiger partial charge in [-0.25, -0.2) is 0 Å². The zero-order valence-corrected chi connectivity index (χ0v) is 7.48. The van der Waals surface area contributed by atoms with Gasteiger partial charge in [0, 0.05) is 6.04 Å². The van der Waals surface area contributed by atoms with Crippen molar-refractivity contribution in [2.45, 2.75) is 38.6 Å².